The average Bonchev–Trinajstić information content (AvgIpc) is 2.17. The maximum absolute atomic E-state index is 5.73. The van der Waals surface area contributed by atoms with Crippen LogP contribution in [0.1, 0.15) is 11.6 Å². The van der Waals surface area contributed by atoms with Crippen LogP contribution in [0.15, 0.2) is 36.9 Å². The Bertz CT molecular complexity index is 253. The molecule has 2 nitrogen and oxygen atoms in total. The quantitative estimate of drug-likeness (QED) is 0.690. The van der Waals surface area contributed by atoms with E-state index >= 15 is 0 Å². The summed E-state index contributed by atoms with van der Waals surface area (Å²) in [5.74, 6) is 0.843. The Kier molecular flexibility index (Phi) is 2.88. The molecule has 1 unspecified atom stereocenters. The monoisotopic (exact) mass is 163 g/mol. The van der Waals surface area contributed by atoms with Crippen molar-refractivity contribution in [2.24, 2.45) is 5.73 Å². The first kappa shape index (κ1) is 8.81. The molecule has 2 N–H and O–H groups in total. The maximum atomic E-state index is 5.73. The van der Waals surface area contributed by atoms with E-state index in [1.807, 2.05) is 24.3 Å². The van der Waals surface area contributed by atoms with Crippen LogP contribution in [0.4, 0.5) is 0 Å². The molecule has 12 heavy (non-hydrogen) atoms. The highest BCUT2D eigenvalue weighted by atomic mass is 16.5. The highest BCUT2D eigenvalue weighted by molar-refractivity contribution is 5.30. The van der Waals surface area contributed by atoms with E-state index < -0.39 is 0 Å². The number of hydrogen-bond acceptors (Lipinski definition) is 2. The van der Waals surface area contributed by atoms with Gasteiger partial charge in [-0.05, 0) is 17.7 Å². The van der Waals surface area contributed by atoms with E-state index in [1.54, 1.807) is 13.2 Å². The van der Waals surface area contributed by atoms with Crippen molar-refractivity contribution in [3.05, 3.63) is 42.5 Å². The third-order valence-electron chi connectivity index (χ3n) is 1.75. The number of benzene rings is 1. The van der Waals surface area contributed by atoms with Gasteiger partial charge in [-0.3, -0.25) is 0 Å². The van der Waals surface area contributed by atoms with Gasteiger partial charge in [0.1, 0.15) is 5.75 Å². The van der Waals surface area contributed by atoms with E-state index in [2.05, 4.69) is 6.58 Å². The van der Waals surface area contributed by atoms with Crippen LogP contribution in [0.25, 0.3) is 0 Å². The van der Waals surface area contributed by atoms with E-state index in [0.29, 0.717) is 0 Å². The van der Waals surface area contributed by atoms with Crippen molar-refractivity contribution >= 4 is 0 Å². The highest BCUT2D eigenvalue weighted by Crippen LogP contribution is 2.15. The van der Waals surface area contributed by atoms with Gasteiger partial charge in [0.05, 0.1) is 7.11 Å². The highest BCUT2D eigenvalue weighted by Gasteiger charge is 1.99. The minimum Gasteiger partial charge on any atom is -0.497 e. The van der Waals surface area contributed by atoms with Gasteiger partial charge in [0.25, 0.3) is 0 Å². The number of methoxy groups -OCH3 is 1. The van der Waals surface area contributed by atoms with Crippen molar-refractivity contribution in [1.82, 2.24) is 0 Å². The molecule has 1 aromatic rings. The van der Waals surface area contributed by atoms with Crippen LogP contribution in [-0.2, 0) is 0 Å². The Morgan fingerprint density at radius 3 is 2.42 bits per heavy atom. The molecule has 0 aliphatic carbocycles. The van der Waals surface area contributed by atoms with Crippen molar-refractivity contribution in [3.8, 4) is 5.75 Å². The molecule has 0 aliphatic heterocycles. The van der Waals surface area contributed by atoms with E-state index in [4.69, 9.17) is 10.5 Å². The van der Waals surface area contributed by atoms with Gasteiger partial charge in [0.15, 0.2) is 0 Å². The second-order valence-electron chi connectivity index (χ2n) is 2.53. The standard InChI is InChI=1S/C10H13NO/c1-3-10(11)8-4-6-9(12-2)7-5-8/h3-7,10H,1,11H2,2H3. The molecule has 1 atom stereocenters. The second-order valence-corrected chi connectivity index (χ2v) is 2.53. The molecule has 0 fully saturated rings. The van der Waals surface area contributed by atoms with Gasteiger partial charge in [-0.2, -0.15) is 0 Å². The first-order valence-electron chi connectivity index (χ1n) is 3.80. The molecule has 0 amide bonds. The maximum Gasteiger partial charge on any atom is 0.118 e. The smallest absolute Gasteiger partial charge is 0.118 e. The molecule has 2 heteroatoms. The summed E-state index contributed by atoms with van der Waals surface area (Å²) in [5.41, 5.74) is 6.77. The van der Waals surface area contributed by atoms with Gasteiger partial charge in [-0.25, -0.2) is 0 Å². The van der Waals surface area contributed by atoms with Gasteiger partial charge in [0.2, 0.25) is 0 Å². The molecular formula is C10H13NO. The molecule has 0 bridgehead atoms. The molecule has 0 spiro atoms. The largest absolute Gasteiger partial charge is 0.497 e. The van der Waals surface area contributed by atoms with Crippen LogP contribution in [-0.4, -0.2) is 7.11 Å². The van der Waals surface area contributed by atoms with Gasteiger partial charge in [0, 0.05) is 6.04 Å². The zero-order valence-electron chi connectivity index (χ0n) is 7.16. The third-order valence-corrected chi connectivity index (χ3v) is 1.75. The Balaban J connectivity index is 2.84. The fourth-order valence-corrected chi connectivity index (χ4v) is 0.962. The molecule has 1 rings (SSSR count). The second kappa shape index (κ2) is 3.93. The fourth-order valence-electron chi connectivity index (χ4n) is 0.962. The lowest BCUT2D eigenvalue weighted by molar-refractivity contribution is 0.414. The lowest BCUT2D eigenvalue weighted by Gasteiger charge is -2.06. The van der Waals surface area contributed by atoms with Crippen molar-refractivity contribution in [3.63, 3.8) is 0 Å². The normalized spacial score (nSPS) is 12.2. The summed E-state index contributed by atoms with van der Waals surface area (Å²) in [6.45, 7) is 3.62. The summed E-state index contributed by atoms with van der Waals surface area (Å²) in [6.07, 6.45) is 1.71. The minimum atomic E-state index is -0.0871. The van der Waals surface area contributed by atoms with Gasteiger partial charge < -0.3 is 10.5 Å². The van der Waals surface area contributed by atoms with Crippen molar-refractivity contribution in [2.45, 2.75) is 6.04 Å². The average molecular weight is 163 g/mol. The predicted octanol–water partition coefficient (Wildman–Crippen LogP) is 1.88. The Morgan fingerprint density at radius 2 is 2.00 bits per heavy atom. The molecule has 0 saturated heterocycles. The van der Waals surface area contributed by atoms with E-state index in [1.165, 1.54) is 0 Å². The third kappa shape index (κ3) is 1.86. The number of nitrogens with two attached hydrogens (primary N) is 1. The summed E-state index contributed by atoms with van der Waals surface area (Å²) in [6, 6.07) is 7.56. The molecule has 0 aromatic heterocycles. The van der Waals surface area contributed by atoms with Gasteiger partial charge in [-0.15, -0.1) is 6.58 Å². The molecule has 64 valence electrons. The Labute approximate surface area is 72.7 Å². The van der Waals surface area contributed by atoms with Gasteiger partial charge >= 0.3 is 0 Å². The summed E-state index contributed by atoms with van der Waals surface area (Å²) in [7, 11) is 1.64. The van der Waals surface area contributed by atoms with Crippen LogP contribution in [0.3, 0.4) is 0 Å². The number of rotatable bonds is 3. The number of ether oxygens (including phenoxy) is 1. The van der Waals surface area contributed by atoms with Crippen molar-refractivity contribution in [2.75, 3.05) is 7.11 Å². The molecule has 0 aliphatic rings. The topological polar surface area (TPSA) is 35.2 Å². The van der Waals surface area contributed by atoms with E-state index in [9.17, 15) is 0 Å². The molecule has 1 aromatic carbocycles. The Morgan fingerprint density at radius 1 is 1.42 bits per heavy atom. The molecular weight excluding hydrogens is 150 g/mol. The van der Waals surface area contributed by atoms with Crippen LogP contribution in [0.5, 0.6) is 5.75 Å². The first-order valence-corrected chi connectivity index (χ1v) is 3.80. The molecule has 0 heterocycles. The Hall–Kier alpha value is -1.28. The van der Waals surface area contributed by atoms with E-state index in [0.717, 1.165) is 11.3 Å². The SMILES string of the molecule is C=CC(N)c1ccc(OC)cc1. The van der Waals surface area contributed by atoms with Crippen LogP contribution >= 0.6 is 0 Å². The zero-order valence-corrected chi connectivity index (χ0v) is 7.16. The van der Waals surface area contributed by atoms with E-state index in [-0.39, 0.29) is 6.04 Å². The lowest BCUT2D eigenvalue weighted by atomic mass is 10.1. The minimum absolute atomic E-state index is 0.0871. The molecule has 0 saturated carbocycles. The lowest BCUT2D eigenvalue weighted by Crippen LogP contribution is -2.05. The van der Waals surface area contributed by atoms with Crippen LogP contribution < -0.4 is 10.5 Å². The molecule has 0 radical (unpaired) electrons. The number of hydrogen-bond donors (Lipinski definition) is 1. The van der Waals surface area contributed by atoms with Crippen LogP contribution in [0.2, 0.25) is 0 Å². The summed E-state index contributed by atoms with van der Waals surface area (Å²) < 4.78 is 5.02. The van der Waals surface area contributed by atoms with Crippen LogP contribution in [0, 0.1) is 0 Å². The fraction of sp³-hybridized carbons (Fsp3) is 0.200. The summed E-state index contributed by atoms with van der Waals surface area (Å²) in [5, 5.41) is 0. The van der Waals surface area contributed by atoms with Crippen molar-refractivity contribution < 1.29 is 4.74 Å². The summed E-state index contributed by atoms with van der Waals surface area (Å²) >= 11 is 0. The first-order chi connectivity index (χ1) is 5.77. The summed E-state index contributed by atoms with van der Waals surface area (Å²) in [4.78, 5) is 0. The van der Waals surface area contributed by atoms with Crippen molar-refractivity contribution in [1.29, 1.82) is 0 Å². The predicted molar refractivity (Wildman–Crippen MR) is 50.1 cm³/mol. The zero-order chi connectivity index (χ0) is 8.97. The van der Waals surface area contributed by atoms with Gasteiger partial charge in [-0.1, -0.05) is 18.2 Å².